The summed E-state index contributed by atoms with van der Waals surface area (Å²) in [6.45, 7) is 1.95. The standard InChI is InChI=1S/C13H13N3O2S2/c1-2-9-3-4-11(7-12(9)15)20(17,18)16-13-10(8-14)5-6-19-13/h3-7,16H,2,15H2,1H3. The third-order valence-corrected chi connectivity index (χ3v) is 5.13. The Balaban J connectivity index is 2.36. The van der Waals surface area contributed by atoms with E-state index in [2.05, 4.69) is 4.72 Å². The Labute approximate surface area is 121 Å². The smallest absolute Gasteiger partial charge is 0.262 e. The molecule has 0 aliphatic rings. The lowest BCUT2D eigenvalue weighted by atomic mass is 10.1. The van der Waals surface area contributed by atoms with Gasteiger partial charge in [-0.3, -0.25) is 4.72 Å². The monoisotopic (exact) mass is 307 g/mol. The largest absolute Gasteiger partial charge is 0.398 e. The van der Waals surface area contributed by atoms with Crippen molar-refractivity contribution in [3.8, 4) is 6.07 Å². The average molecular weight is 307 g/mol. The number of aryl methyl sites for hydroxylation is 1. The summed E-state index contributed by atoms with van der Waals surface area (Å²) in [4.78, 5) is 0.0875. The first-order chi connectivity index (χ1) is 9.47. The van der Waals surface area contributed by atoms with Gasteiger partial charge in [-0.2, -0.15) is 5.26 Å². The molecule has 5 nitrogen and oxygen atoms in total. The summed E-state index contributed by atoms with van der Waals surface area (Å²) in [6.07, 6.45) is 0.739. The summed E-state index contributed by atoms with van der Waals surface area (Å²) in [5.41, 5.74) is 7.47. The van der Waals surface area contributed by atoms with E-state index in [1.54, 1.807) is 17.5 Å². The fourth-order valence-electron chi connectivity index (χ4n) is 1.72. The minimum absolute atomic E-state index is 0.0875. The van der Waals surface area contributed by atoms with Crippen molar-refractivity contribution in [2.24, 2.45) is 0 Å². The molecule has 20 heavy (non-hydrogen) atoms. The molecule has 0 bridgehead atoms. The van der Waals surface area contributed by atoms with E-state index in [0.29, 0.717) is 16.3 Å². The van der Waals surface area contributed by atoms with Crippen molar-refractivity contribution >= 4 is 32.0 Å². The lowest BCUT2D eigenvalue weighted by Gasteiger charge is -2.09. The maximum Gasteiger partial charge on any atom is 0.262 e. The van der Waals surface area contributed by atoms with E-state index in [9.17, 15) is 8.42 Å². The van der Waals surface area contributed by atoms with Crippen molar-refractivity contribution < 1.29 is 8.42 Å². The SMILES string of the molecule is CCc1ccc(S(=O)(=O)Nc2sccc2C#N)cc1N. The van der Waals surface area contributed by atoms with Gasteiger partial charge in [0, 0.05) is 5.69 Å². The van der Waals surface area contributed by atoms with Gasteiger partial charge in [-0.25, -0.2) is 8.42 Å². The van der Waals surface area contributed by atoms with Crippen LogP contribution >= 0.6 is 11.3 Å². The van der Waals surface area contributed by atoms with Crippen molar-refractivity contribution in [1.82, 2.24) is 0 Å². The molecule has 0 atom stereocenters. The zero-order valence-corrected chi connectivity index (χ0v) is 12.4. The van der Waals surface area contributed by atoms with Crippen LogP contribution in [0.1, 0.15) is 18.1 Å². The summed E-state index contributed by atoms with van der Waals surface area (Å²) >= 11 is 1.16. The number of sulfonamides is 1. The van der Waals surface area contributed by atoms with Gasteiger partial charge in [-0.05, 0) is 35.6 Å². The van der Waals surface area contributed by atoms with E-state index in [-0.39, 0.29) is 4.90 Å². The van der Waals surface area contributed by atoms with Crippen LogP contribution in [0, 0.1) is 11.3 Å². The number of nitrogens with zero attached hydrogens (tertiary/aromatic N) is 1. The zero-order chi connectivity index (χ0) is 14.8. The van der Waals surface area contributed by atoms with Crippen molar-refractivity contribution in [2.45, 2.75) is 18.2 Å². The summed E-state index contributed by atoms with van der Waals surface area (Å²) in [7, 11) is -3.73. The molecule has 0 fully saturated rings. The first kappa shape index (κ1) is 14.4. The van der Waals surface area contributed by atoms with Crippen LogP contribution in [-0.2, 0) is 16.4 Å². The Kier molecular flexibility index (Phi) is 3.97. The Morgan fingerprint density at radius 2 is 2.15 bits per heavy atom. The minimum atomic E-state index is -3.73. The molecule has 0 saturated carbocycles. The number of benzene rings is 1. The van der Waals surface area contributed by atoms with E-state index in [1.807, 2.05) is 13.0 Å². The predicted molar refractivity (Wildman–Crippen MR) is 80.1 cm³/mol. The van der Waals surface area contributed by atoms with Gasteiger partial charge in [0.05, 0.1) is 10.5 Å². The molecule has 1 aromatic carbocycles. The number of nitrogens with one attached hydrogen (secondary N) is 1. The number of anilines is 2. The lowest BCUT2D eigenvalue weighted by molar-refractivity contribution is 0.601. The van der Waals surface area contributed by atoms with Crippen LogP contribution in [0.2, 0.25) is 0 Å². The van der Waals surface area contributed by atoms with Gasteiger partial charge in [-0.15, -0.1) is 11.3 Å². The number of rotatable bonds is 4. The predicted octanol–water partition coefficient (Wildman–Crippen LogP) is 2.57. The maximum absolute atomic E-state index is 12.3. The van der Waals surface area contributed by atoms with Gasteiger partial charge in [-0.1, -0.05) is 13.0 Å². The van der Waals surface area contributed by atoms with Gasteiger partial charge < -0.3 is 5.73 Å². The highest BCUT2D eigenvalue weighted by molar-refractivity contribution is 7.93. The lowest BCUT2D eigenvalue weighted by Crippen LogP contribution is -2.13. The molecule has 0 spiro atoms. The van der Waals surface area contributed by atoms with Gasteiger partial charge in [0.1, 0.15) is 11.1 Å². The van der Waals surface area contributed by atoms with E-state index in [0.717, 1.165) is 23.3 Å². The van der Waals surface area contributed by atoms with E-state index < -0.39 is 10.0 Å². The van der Waals surface area contributed by atoms with Crippen molar-refractivity contribution in [3.63, 3.8) is 0 Å². The second kappa shape index (κ2) is 5.53. The first-order valence-corrected chi connectivity index (χ1v) is 8.23. The normalized spacial score (nSPS) is 11.0. The maximum atomic E-state index is 12.3. The molecule has 0 unspecified atom stereocenters. The Bertz CT molecular complexity index is 773. The molecule has 104 valence electrons. The molecule has 0 aliphatic carbocycles. The van der Waals surface area contributed by atoms with Crippen LogP contribution in [0.4, 0.5) is 10.7 Å². The van der Waals surface area contributed by atoms with Crippen molar-refractivity contribution in [1.29, 1.82) is 5.26 Å². The molecule has 3 N–H and O–H groups in total. The summed E-state index contributed by atoms with van der Waals surface area (Å²) in [6, 6.07) is 8.14. The van der Waals surface area contributed by atoms with Gasteiger partial charge in [0.2, 0.25) is 0 Å². The molecule has 0 saturated heterocycles. The molecule has 1 heterocycles. The minimum Gasteiger partial charge on any atom is -0.398 e. The Morgan fingerprint density at radius 1 is 1.40 bits per heavy atom. The van der Waals surface area contributed by atoms with Gasteiger partial charge in [0.15, 0.2) is 0 Å². The second-order valence-corrected chi connectivity index (χ2v) is 6.69. The van der Waals surface area contributed by atoms with Crippen LogP contribution in [0.25, 0.3) is 0 Å². The number of nitrogen functional groups attached to an aromatic ring is 1. The fraction of sp³-hybridized carbons (Fsp3) is 0.154. The van der Waals surface area contributed by atoms with Crippen molar-refractivity contribution in [3.05, 3.63) is 40.8 Å². The number of hydrogen-bond donors (Lipinski definition) is 2. The number of nitriles is 1. The van der Waals surface area contributed by atoms with Crippen LogP contribution in [0.15, 0.2) is 34.5 Å². The van der Waals surface area contributed by atoms with Crippen LogP contribution in [0.3, 0.4) is 0 Å². The number of nitrogens with two attached hydrogens (primary N) is 1. The second-order valence-electron chi connectivity index (χ2n) is 4.09. The van der Waals surface area contributed by atoms with Crippen LogP contribution in [-0.4, -0.2) is 8.42 Å². The molecule has 2 aromatic rings. The third-order valence-electron chi connectivity index (χ3n) is 2.82. The highest BCUT2D eigenvalue weighted by Gasteiger charge is 2.17. The van der Waals surface area contributed by atoms with Gasteiger partial charge >= 0.3 is 0 Å². The number of hydrogen-bond acceptors (Lipinski definition) is 5. The van der Waals surface area contributed by atoms with Gasteiger partial charge in [0.25, 0.3) is 10.0 Å². The third kappa shape index (κ3) is 2.76. The number of thiophene rings is 1. The molecular weight excluding hydrogens is 294 g/mol. The van der Waals surface area contributed by atoms with E-state index in [4.69, 9.17) is 11.0 Å². The molecule has 7 heteroatoms. The first-order valence-electron chi connectivity index (χ1n) is 5.86. The summed E-state index contributed by atoms with van der Waals surface area (Å²) in [5.74, 6) is 0. The molecule has 1 aromatic heterocycles. The summed E-state index contributed by atoms with van der Waals surface area (Å²) in [5, 5.41) is 10.9. The summed E-state index contributed by atoms with van der Waals surface area (Å²) < 4.78 is 26.9. The Morgan fingerprint density at radius 3 is 2.75 bits per heavy atom. The topological polar surface area (TPSA) is 96.0 Å². The van der Waals surface area contributed by atoms with Crippen molar-refractivity contribution in [2.75, 3.05) is 10.5 Å². The van der Waals surface area contributed by atoms with E-state index >= 15 is 0 Å². The molecular formula is C13H13N3O2S2. The quantitative estimate of drug-likeness (QED) is 0.848. The van der Waals surface area contributed by atoms with Crippen LogP contribution < -0.4 is 10.5 Å². The molecule has 0 amide bonds. The average Bonchev–Trinajstić information content (AvgIpc) is 2.85. The molecule has 0 radical (unpaired) electrons. The highest BCUT2D eigenvalue weighted by atomic mass is 32.2. The molecule has 0 aliphatic heterocycles. The molecule has 2 rings (SSSR count). The Hall–Kier alpha value is -2.04. The van der Waals surface area contributed by atoms with E-state index in [1.165, 1.54) is 12.1 Å². The van der Waals surface area contributed by atoms with Crippen LogP contribution in [0.5, 0.6) is 0 Å². The fourth-order valence-corrected chi connectivity index (χ4v) is 3.82. The zero-order valence-electron chi connectivity index (χ0n) is 10.8. The highest BCUT2D eigenvalue weighted by Crippen LogP contribution is 2.26.